The van der Waals surface area contributed by atoms with Crippen LogP contribution in [0.15, 0.2) is 64.1 Å². The highest BCUT2D eigenvalue weighted by molar-refractivity contribution is 5.85. The number of rotatable bonds is 4. The van der Waals surface area contributed by atoms with Crippen LogP contribution < -0.4 is 5.32 Å². The molecule has 1 N–H and O–H groups in total. The van der Waals surface area contributed by atoms with Crippen molar-refractivity contribution in [3.8, 4) is 0 Å². The van der Waals surface area contributed by atoms with Crippen molar-refractivity contribution in [1.29, 1.82) is 0 Å². The maximum absolute atomic E-state index is 6.07. The van der Waals surface area contributed by atoms with Gasteiger partial charge in [0, 0.05) is 24.5 Å². The maximum Gasteiger partial charge on any atom is 0.134 e. The van der Waals surface area contributed by atoms with Crippen molar-refractivity contribution in [3.63, 3.8) is 0 Å². The Bertz CT molecular complexity index is 774. The van der Waals surface area contributed by atoms with E-state index >= 15 is 0 Å². The number of aromatic nitrogens is 1. The number of nitrogens with zero attached hydrogens (tertiary/aromatic N) is 2. The minimum atomic E-state index is 0.0814. The summed E-state index contributed by atoms with van der Waals surface area (Å²) in [5.41, 5.74) is 1.93. The number of amidine groups is 1. The number of para-hydroxylation sites is 1. The Balaban J connectivity index is 1.75. The number of hydrogen-bond acceptors (Lipinski definition) is 4. The summed E-state index contributed by atoms with van der Waals surface area (Å²) >= 11 is 0. The van der Waals surface area contributed by atoms with Gasteiger partial charge in [-0.1, -0.05) is 24.3 Å². The number of hydrogen-bond donors (Lipinski definition) is 1. The summed E-state index contributed by atoms with van der Waals surface area (Å²) < 4.78 is 6.07. The van der Waals surface area contributed by atoms with Crippen molar-refractivity contribution in [2.45, 2.75) is 12.3 Å². The fourth-order valence-electron chi connectivity index (χ4n) is 2.88. The second-order valence-electron chi connectivity index (χ2n) is 5.45. The minimum Gasteiger partial charge on any atom is -0.460 e. The summed E-state index contributed by atoms with van der Waals surface area (Å²) in [5.74, 6) is 2.06. The lowest BCUT2D eigenvalue weighted by Gasteiger charge is -2.14. The van der Waals surface area contributed by atoms with Gasteiger partial charge >= 0.3 is 0 Å². The van der Waals surface area contributed by atoms with E-state index in [4.69, 9.17) is 4.42 Å². The normalized spacial score (nSPS) is 15.5. The Labute approximate surface area is 128 Å². The van der Waals surface area contributed by atoms with E-state index < -0.39 is 0 Å². The van der Waals surface area contributed by atoms with Gasteiger partial charge < -0.3 is 9.73 Å². The summed E-state index contributed by atoms with van der Waals surface area (Å²) in [6.45, 7) is 1.77. The molecule has 22 heavy (non-hydrogen) atoms. The van der Waals surface area contributed by atoms with Crippen LogP contribution in [0.3, 0.4) is 0 Å². The smallest absolute Gasteiger partial charge is 0.134 e. The molecule has 4 rings (SSSR count). The van der Waals surface area contributed by atoms with Gasteiger partial charge in [-0.25, -0.2) is 0 Å². The molecule has 1 aromatic carbocycles. The average Bonchev–Trinajstić information content (AvgIpc) is 3.22. The first-order chi connectivity index (χ1) is 10.9. The standard InChI is InChI=1S/C18H17N3O/c1-2-7-16-13(5-1)11-17(22-16)14(12-18-20-9-10-21-18)15-6-3-4-8-19-15/h1-8,11,14H,9-10,12H2,(H,20,21). The second kappa shape index (κ2) is 5.64. The Morgan fingerprint density at radius 1 is 1.14 bits per heavy atom. The monoisotopic (exact) mass is 291 g/mol. The van der Waals surface area contributed by atoms with Gasteiger partial charge in [-0.2, -0.15) is 0 Å². The third kappa shape index (κ3) is 2.48. The van der Waals surface area contributed by atoms with Gasteiger partial charge in [-0.05, 0) is 24.3 Å². The first-order valence-corrected chi connectivity index (χ1v) is 7.57. The second-order valence-corrected chi connectivity index (χ2v) is 5.45. The van der Waals surface area contributed by atoms with Gasteiger partial charge in [0.2, 0.25) is 0 Å². The third-order valence-corrected chi connectivity index (χ3v) is 3.97. The lowest BCUT2D eigenvalue weighted by molar-refractivity contribution is 0.518. The van der Waals surface area contributed by atoms with E-state index in [0.29, 0.717) is 0 Å². The zero-order valence-electron chi connectivity index (χ0n) is 12.2. The summed E-state index contributed by atoms with van der Waals surface area (Å²) in [6.07, 6.45) is 2.62. The van der Waals surface area contributed by atoms with Crippen molar-refractivity contribution in [2.24, 2.45) is 4.99 Å². The zero-order valence-corrected chi connectivity index (χ0v) is 12.2. The Hall–Kier alpha value is -2.62. The number of furan rings is 1. The van der Waals surface area contributed by atoms with Crippen LogP contribution in [0, 0.1) is 0 Å². The predicted octanol–water partition coefficient (Wildman–Crippen LogP) is 3.35. The summed E-state index contributed by atoms with van der Waals surface area (Å²) in [6, 6.07) is 16.2. The van der Waals surface area contributed by atoms with Crippen LogP contribution >= 0.6 is 0 Å². The van der Waals surface area contributed by atoms with Crippen molar-refractivity contribution < 1.29 is 4.42 Å². The Kier molecular flexibility index (Phi) is 3.35. The molecule has 3 heterocycles. The molecule has 2 aromatic heterocycles. The highest BCUT2D eigenvalue weighted by Crippen LogP contribution is 2.31. The number of aliphatic imine (C=N–C) groups is 1. The Morgan fingerprint density at radius 2 is 2.05 bits per heavy atom. The molecular formula is C18H17N3O. The fraction of sp³-hybridized carbons (Fsp3) is 0.222. The van der Waals surface area contributed by atoms with Crippen molar-refractivity contribution in [2.75, 3.05) is 13.1 Å². The maximum atomic E-state index is 6.07. The minimum absolute atomic E-state index is 0.0814. The van der Waals surface area contributed by atoms with Crippen molar-refractivity contribution in [1.82, 2.24) is 10.3 Å². The van der Waals surface area contributed by atoms with E-state index in [-0.39, 0.29) is 5.92 Å². The molecule has 0 bridgehead atoms. The van der Waals surface area contributed by atoms with Gasteiger partial charge in [0.15, 0.2) is 0 Å². The molecule has 1 aliphatic heterocycles. The Morgan fingerprint density at radius 3 is 2.82 bits per heavy atom. The zero-order chi connectivity index (χ0) is 14.8. The largest absolute Gasteiger partial charge is 0.460 e. The number of fused-ring (bicyclic) bond motifs is 1. The highest BCUT2D eigenvalue weighted by Gasteiger charge is 2.23. The molecule has 0 spiro atoms. The molecule has 0 radical (unpaired) electrons. The van der Waals surface area contributed by atoms with Gasteiger partial charge in [0.1, 0.15) is 11.3 Å². The molecule has 0 saturated heterocycles. The van der Waals surface area contributed by atoms with Crippen LogP contribution in [0.25, 0.3) is 11.0 Å². The fourth-order valence-corrected chi connectivity index (χ4v) is 2.88. The van der Waals surface area contributed by atoms with E-state index in [9.17, 15) is 0 Å². The first kappa shape index (κ1) is 13.1. The summed E-state index contributed by atoms with van der Waals surface area (Å²) in [5, 5.41) is 4.47. The number of benzene rings is 1. The molecule has 0 saturated carbocycles. The molecule has 0 aliphatic carbocycles. The van der Waals surface area contributed by atoms with E-state index in [1.54, 1.807) is 0 Å². The molecule has 0 amide bonds. The molecule has 4 nitrogen and oxygen atoms in total. The average molecular weight is 291 g/mol. The van der Waals surface area contributed by atoms with Gasteiger partial charge in [-0.15, -0.1) is 0 Å². The van der Waals surface area contributed by atoms with Crippen LogP contribution in [0.5, 0.6) is 0 Å². The van der Waals surface area contributed by atoms with Crippen LogP contribution in [0.2, 0.25) is 0 Å². The van der Waals surface area contributed by atoms with Gasteiger partial charge in [0.25, 0.3) is 0 Å². The van der Waals surface area contributed by atoms with Crippen molar-refractivity contribution in [3.05, 3.63) is 66.2 Å². The molecule has 110 valence electrons. The topological polar surface area (TPSA) is 50.4 Å². The van der Waals surface area contributed by atoms with Crippen LogP contribution in [-0.2, 0) is 0 Å². The van der Waals surface area contributed by atoms with E-state index in [0.717, 1.165) is 47.8 Å². The highest BCUT2D eigenvalue weighted by atomic mass is 16.3. The molecule has 1 aliphatic rings. The van der Waals surface area contributed by atoms with Gasteiger partial charge in [-0.3, -0.25) is 9.98 Å². The SMILES string of the molecule is c1ccc(C(CC2=NCCN2)c2cc3ccccc3o2)nc1. The van der Waals surface area contributed by atoms with E-state index in [1.165, 1.54) is 0 Å². The van der Waals surface area contributed by atoms with Crippen molar-refractivity contribution >= 4 is 16.8 Å². The van der Waals surface area contributed by atoms with E-state index in [2.05, 4.69) is 27.4 Å². The van der Waals surface area contributed by atoms with Crippen LogP contribution in [0.4, 0.5) is 0 Å². The molecule has 1 atom stereocenters. The third-order valence-electron chi connectivity index (χ3n) is 3.97. The summed E-state index contributed by atoms with van der Waals surface area (Å²) in [7, 11) is 0. The first-order valence-electron chi connectivity index (χ1n) is 7.57. The van der Waals surface area contributed by atoms with E-state index in [1.807, 2.05) is 42.6 Å². The van der Waals surface area contributed by atoms with Crippen LogP contribution in [-0.4, -0.2) is 23.9 Å². The molecule has 4 heteroatoms. The molecule has 1 unspecified atom stereocenters. The van der Waals surface area contributed by atoms with Crippen LogP contribution in [0.1, 0.15) is 23.8 Å². The number of nitrogens with one attached hydrogen (secondary N) is 1. The summed E-state index contributed by atoms with van der Waals surface area (Å²) in [4.78, 5) is 9.04. The predicted molar refractivity (Wildman–Crippen MR) is 87.2 cm³/mol. The molecule has 0 fully saturated rings. The molecular weight excluding hydrogens is 274 g/mol. The molecule has 3 aromatic rings. The quantitative estimate of drug-likeness (QED) is 0.802. The lowest BCUT2D eigenvalue weighted by Crippen LogP contribution is -2.21. The van der Waals surface area contributed by atoms with Gasteiger partial charge in [0.05, 0.1) is 24.0 Å². The lowest BCUT2D eigenvalue weighted by atomic mass is 9.97. The number of pyridine rings is 1.